The monoisotopic (exact) mass is 302 g/mol. The molecule has 120 valence electrons. The van der Waals surface area contributed by atoms with E-state index in [1.807, 2.05) is 11.9 Å². The van der Waals surface area contributed by atoms with Crippen LogP contribution in [0.3, 0.4) is 0 Å². The summed E-state index contributed by atoms with van der Waals surface area (Å²) in [6.45, 7) is 1.51. The van der Waals surface area contributed by atoms with Crippen LogP contribution in [0, 0.1) is 0 Å². The second-order valence-electron chi connectivity index (χ2n) is 6.56. The van der Waals surface area contributed by atoms with Crippen LogP contribution in [0.25, 0.3) is 0 Å². The fourth-order valence-corrected chi connectivity index (χ4v) is 3.90. The van der Waals surface area contributed by atoms with E-state index in [1.54, 1.807) is 0 Å². The third-order valence-corrected chi connectivity index (χ3v) is 5.25. The Kier molecular flexibility index (Phi) is 4.79. The topological polar surface area (TPSA) is 43.8 Å². The zero-order chi connectivity index (χ0) is 15.5. The molecule has 1 aliphatic heterocycles. The SMILES string of the molecule is CN(C(=O)CN1CCC[C@@H]1CO)[C@@H]1CCCc2ccccc21. The number of amides is 1. The van der Waals surface area contributed by atoms with Gasteiger partial charge in [-0.05, 0) is 49.8 Å². The molecule has 1 heterocycles. The van der Waals surface area contributed by atoms with E-state index in [2.05, 4.69) is 29.2 Å². The fourth-order valence-electron chi connectivity index (χ4n) is 3.90. The van der Waals surface area contributed by atoms with E-state index >= 15 is 0 Å². The molecule has 2 aliphatic rings. The van der Waals surface area contributed by atoms with Crippen LogP contribution in [0.15, 0.2) is 24.3 Å². The molecule has 0 aromatic heterocycles. The molecule has 0 bridgehead atoms. The van der Waals surface area contributed by atoms with Crippen molar-refractivity contribution in [3.05, 3.63) is 35.4 Å². The average Bonchev–Trinajstić information content (AvgIpc) is 3.00. The van der Waals surface area contributed by atoms with Gasteiger partial charge in [-0.3, -0.25) is 9.69 Å². The first kappa shape index (κ1) is 15.5. The highest BCUT2D eigenvalue weighted by atomic mass is 16.3. The second-order valence-corrected chi connectivity index (χ2v) is 6.56. The number of aliphatic hydroxyl groups excluding tert-OH is 1. The summed E-state index contributed by atoms with van der Waals surface area (Å²) in [5, 5.41) is 9.40. The minimum atomic E-state index is 0.156. The Morgan fingerprint density at radius 2 is 2.14 bits per heavy atom. The maximum atomic E-state index is 12.7. The highest BCUT2D eigenvalue weighted by Gasteiger charge is 2.30. The summed E-state index contributed by atoms with van der Waals surface area (Å²) >= 11 is 0. The first-order chi connectivity index (χ1) is 10.7. The molecule has 4 nitrogen and oxygen atoms in total. The quantitative estimate of drug-likeness (QED) is 0.925. The predicted octanol–water partition coefficient (Wildman–Crippen LogP) is 1.98. The van der Waals surface area contributed by atoms with Crippen LogP contribution in [-0.4, -0.2) is 53.6 Å². The van der Waals surface area contributed by atoms with Crippen LogP contribution >= 0.6 is 0 Å². The number of carbonyl (C=O) groups is 1. The number of fused-ring (bicyclic) bond motifs is 1. The van der Waals surface area contributed by atoms with Crippen LogP contribution in [0.4, 0.5) is 0 Å². The van der Waals surface area contributed by atoms with Crippen molar-refractivity contribution in [1.29, 1.82) is 0 Å². The van der Waals surface area contributed by atoms with E-state index in [0.717, 1.165) is 38.6 Å². The Balaban J connectivity index is 1.69. The van der Waals surface area contributed by atoms with E-state index in [4.69, 9.17) is 0 Å². The lowest BCUT2D eigenvalue weighted by Gasteiger charge is -2.34. The van der Waals surface area contributed by atoms with Crippen LogP contribution < -0.4 is 0 Å². The lowest BCUT2D eigenvalue weighted by atomic mass is 9.87. The third kappa shape index (κ3) is 3.03. The normalized spacial score (nSPS) is 25.0. The Morgan fingerprint density at radius 3 is 2.95 bits per heavy atom. The highest BCUT2D eigenvalue weighted by Crippen LogP contribution is 2.33. The first-order valence-corrected chi connectivity index (χ1v) is 8.39. The van der Waals surface area contributed by atoms with Crippen LogP contribution in [-0.2, 0) is 11.2 Å². The van der Waals surface area contributed by atoms with Crippen LogP contribution in [0.2, 0.25) is 0 Å². The van der Waals surface area contributed by atoms with E-state index in [0.29, 0.717) is 6.54 Å². The molecule has 3 rings (SSSR count). The molecule has 0 radical (unpaired) electrons. The number of nitrogens with zero attached hydrogens (tertiary/aromatic N) is 2. The Morgan fingerprint density at radius 1 is 1.32 bits per heavy atom. The lowest BCUT2D eigenvalue weighted by molar-refractivity contribution is -0.134. The first-order valence-electron chi connectivity index (χ1n) is 8.39. The Labute approximate surface area is 132 Å². The molecule has 1 amide bonds. The number of hydrogen-bond donors (Lipinski definition) is 1. The zero-order valence-corrected chi connectivity index (χ0v) is 13.4. The van der Waals surface area contributed by atoms with Gasteiger partial charge < -0.3 is 10.0 Å². The van der Waals surface area contributed by atoms with Crippen molar-refractivity contribution in [3.8, 4) is 0 Å². The molecule has 1 aliphatic carbocycles. The van der Waals surface area contributed by atoms with E-state index in [1.165, 1.54) is 11.1 Å². The van der Waals surface area contributed by atoms with Gasteiger partial charge in [-0.15, -0.1) is 0 Å². The third-order valence-electron chi connectivity index (χ3n) is 5.25. The molecule has 0 spiro atoms. The molecule has 1 saturated heterocycles. The molecule has 0 unspecified atom stereocenters. The van der Waals surface area contributed by atoms with Gasteiger partial charge in [-0.2, -0.15) is 0 Å². The number of aliphatic hydroxyl groups is 1. The van der Waals surface area contributed by atoms with Crippen LogP contribution in [0.5, 0.6) is 0 Å². The Bertz CT molecular complexity index is 532. The Hall–Kier alpha value is -1.39. The molecule has 4 heteroatoms. The summed E-state index contributed by atoms with van der Waals surface area (Å²) in [4.78, 5) is 16.7. The van der Waals surface area contributed by atoms with Crippen LogP contribution in [0.1, 0.15) is 42.9 Å². The fraction of sp³-hybridized carbons (Fsp3) is 0.611. The highest BCUT2D eigenvalue weighted by molar-refractivity contribution is 5.78. The van der Waals surface area contributed by atoms with Crippen molar-refractivity contribution in [1.82, 2.24) is 9.80 Å². The van der Waals surface area contributed by atoms with Gasteiger partial charge in [0.15, 0.2) is 0 Å². The number of rotatable bonds is 4. The van der Waals surface area contributed by atoms with Gasteiger partial charge in [-0.25, -0.2) is 0 Å². The van der Waals surface area contributed by atoms with Gasteiger partial charge >= 0.3 is 0 Å². The van der Waals surface area contributed by atoms with Crippen molar-refractivity contribution in [2.75, 3.05) is 26.7 Å². The number of benzene rings is 1. The smallest absolute Gasteiger partial charge is 0.237 e. The molecule has 1 aromatic carbocycles. The summed E-state index contributed by atoms with van der Waals surface area (Å²) in [6.07, 6.45) is 5.38. The standard InChI is InChI=1S/C18H26N2O2/c1-19(18(22)12-20-11-5-8-15(20)13-21)17-10-4-7-14-6-2-3-9-16(14)17/h2-3,6,9,15,17,21H,4-5,7-8,10-13H2,1H3/t15-,17-/m1/s1. The van der Waals surface area contributed by atoms with Crippen molar-refractivity contribution in [2.45, 2.75) is 44.2 Å². The summed E-state index contributed by atoms with van der Waals surface area (Å²) in [6, 6.07) is 8.86. The van der Waals surface area contributed by atoms with Gasteiger partial charge in [0.25, 0.3) is 0 Å². The molecule has 2 atom stereocenters. The predicted molar refractivity (Wildman–Crippen MR) is 86.6 cm³/mol. The second kappa shape index (κ2) is 6.80. The van der Waals surface area contributed by atoms with Gasteiger partial charge in [0.2, 0.25) is 5.91 Å². The summed E-state index contributed by atoms with van der Waals surface area (Å²) in [7, 11) is 1.93. The zero-order valence-electron chi connectivity index (χ0n) is 13.4. The molecular weight excluding hydrogens is 276 g/mol. The summed E-state index contributed by atoms with van der Waals surface area (Å²) in [5.74, 6) is 0.169. The number of carbonyl (C=O) groups excluding carboxylic acids is 1. The van der Waals surface area contributed by atoms with Crippen molar-refractivity contribution in [2.24, 2.45) is 0 Å². The molecule has 1 aromatic rings. The van der Waals surface area contributed by atoms with Crippen molar-refractivity contribution < 1.29 is 9.90 Å². The molecule has 1 N–H and O–H groups in total. The van der Waals surface area contributed by atoms with Gasteiger partial charge in [-0.1, -0.05) is 24.3 Å². The van der Waals surface area contributed by atoms with Gasteiger partial charge in [0.1, 0.15) is 0 Å². The minimum absolute atomic E-state index is 0.156. The largest absolute Gasteiger partial charge is 0.395 e. The van der Waals surface area contributed by atoms with Crippen molar-refractivity contribution >= 4 is 5.91 Å². The van der Waals surface area contributed by atoms with E-state index in [9.17, 15) is 9.90 Å². The molecule has 0 saturated carbocycles. The minimum Gasteiger partial charge on any atom is -0.395 e. The number of likely N-dealkylation sites (tertiary alicyclic amines) is 1. The van der Waals surface area contributed by atoms with E-state index in [-0.39, 0.29) is 24.6 Å². The molecule has 1 fully saturated rings. The van der Waals surface area contributed by atoms with Crippen molar-refractivity contribution in [3.63, 3.8) is 0 Å². The molecule has 22 heavy (non-hydrogen) atoms. The number of hydrogen-bond acceptors (Lipinski definition) is 3. The van der Waals surface area contributed by atoms with Gasteiger partial charge in [0.05, 0.1) is 19.2 Å². The lowest BCUT2D eigenvalue weighted by Crippen LogP contribution is -2.43. The van der Waals surface area contributed by atoms with E-state index < -0.39 is 0 Å². The summed E-state index contributed by atoms with van der Waals surface area (Å²) < 4.78 is 0. The van der Waals surface area contributed by atoms with Gasteiger partial charge in [0, 0.05) is 13.1 Å². The maximum absolute atomic E-state index is 12.7. The maximum Gasteiger partial charge on any atom is 0.237 e. The number of aryl methyl sites for hydroxylation is 1. The average molecular weight is 302 g/mol. The summed E-state index contributed by atoms with van der Waals surface area (Å²) in [5.41, 5.74) is 2.69. The molecular formula is C18H26N2O2. The number of likely N-dealkylation sites (N-methyl/N-ethyl adjacent to an activating group) is 1.